The van der Waals surface area contributed by atoms with Crippen LogP contribution in [0.4, 0.5) is 0 Å². The van der Waals surface area contributed by atoms with E-state index in [0.29, 0.717) is 0 Å². The van der Waals surface area contributed by atoms with Gasteiger partial charge in [0, 0.05) is 55.8 Å². The van der Waals surface area contributed by atoms with E-state index in [9.17, 15) is 0 Å². The second kappa shape index (κ2) is 7.74. The lowest BCUT2D eigenvalue weighted by molar-refractivity contribution is 0.0618. The van der Waals surface area contributed by atoms with Gasteiger partial charge in [-0.2, -0.15) is 0 Å². The molecule has 4 nitrogen and oxygen atoms in total. The van der Waals surface area contributed by atoms with Crippen molar-refractivity contribution >= 4 is 11.3 Å². The Hall–Kier alpha value is -1.27. The Morgan fingerprint density at radius 3 is 2.54 bits per heavy atom. The molecule has 0 atom stereocenters. The zero-order chi connectivity index (χ0) is 17.0. The number of nitrogens with zero attached hydrogens (tertiary/aromatic N) is 3. The fourth-order valence-corrected chi connectivity index (χ4v) is 3.91. The van der Waals surface area contributed by atoms with Crippen molar-refractivity contribution in [3.63, 3.8) is 0 Å². The van der Waals surface area contributed by atoms with Gasteiger partial charge in [0.2, 0.25) is 0 Å². The average molecular weight is 345 g/mol. The molecule has 5 heteroatoms. The van der Waals surface area contributed by atoms with Crippen LogP contribution >= 0.6 is 11.3 Å². The zero-order valence-electron chi connectivity index (χ0n) is 15.0. The van der Waals surface area contributed by atoms with Crippen molar-refractivity contribution in [2.75, 3.05) is 39.8 Å². The number of nitrogens with one attached hydrogen (secondary N) is 1. The Morgan fingerprint density at radius 2 is 1.83 bits per heavy atom. The number of rotatable bonds is 6. The first kappa shape index (κ1) is 17.5. The molecule has 1 aromatic carbocycles. The molecule has 1 saturated heterocycles. The summed E-state index contributed by atoms with van der Waals surface area (Å²) in [5, 5.41) is 6.91. The zero-order valence-corrected chi connectivity index (χ0v) is 15.8. The minimum absolute atomic E-state index is 0.181. The fraction of sp³-hybridized carbons (Fsp3) is 0.526. The number of piperazine rings is 1. The van der Waals surface area contributed by atoms with Gasteiger partial charge < -0.3 is 10.2 Å². The number of likely N-dealkylation sites (N-methyl/N-ethyl adjacent to an activating group) is 1. The van der Waals surface area contributed by atoms with Gasteiger partial charge in [0.05, 0.1) is 5.69 Å². The highest BCUT2D eigenvalue weighted by molar-refractivity contribution is 7.09. The minimum atomic E-state index is 0.181. The maximum atomic E-state index is 4.76. The molecule has 24 heavy (non-hydrogen) atoms. The van der Waals surface area contributed by atoms with Crippen LogP contribution in [0.25, 0.3) is 11.3 Å². The first-order valence-electron chi connectivity index (χ1n) is 8.69. The summed E-state index contributed by atoms with van der Waals surface area (Å²) in [4.78, 5) is 9.76. The van der Waals surface area contributed by atoms with E-state index in [4.69, 9.17) is 4.98 Å². The van der Waals surface area contributed by atoms with Crippen molar-refractivity contribution in [2.24, 2.45) is 0 Å². The van der Waals surface area contributed by atoms with Gasteiger partial charge in [-0.1, -0.05) is 30.3 Å². The van der Waals surface area contributed by atoms with Crippen molar-refractivity contribution in [1.82, 2.24) is 20.1 Å². The second-order valence-electron chi connectivity index (χ2n) is 7.20. The van der Waals surface area contributed by atoms with E-state index < -0.39 is 0 Å². The SMILES string of the molecule is CN1CCN(C(C)(C)CNCc2nc(-c3ccccc3)cs2)CC1. The van der Waals surface area contributed by atoms with E-state index in [1.165, 1.54) is 5.56 Å². The van der Waals surface area contributed by atoms with E-state index in [1.54, 1.807) is 11.3 Å². The molecule has 2 heterocycles. The van der Waals surface area contributed by atoms with Gasteiger partial charge in [-0.05, 0) is 20.9 Å². The number of thiazole rings is 1. The Kier molecular flexibility index (Phi) is 5.66. The van der Waals surface area contributed by atoms with E-state index in [0.717, 1.165) is 50.0 Å². The smallest absolute Gasteiger partial charge is 0.107 e. The Balaban J connectivity index is 1.50. The summed E-state index contributed by atoms with van der Waals surface area (Å²) in [5.74, 6) is 0. The number of hydrogen-bond donors (Lipinski definition) is 1. The molecule has 0 amide bonds. The van der Waals surface area contributed by atoms with Crippen molar-refractivity contribution < 1.29 is 0 Å². The minimum Gasteiger partial charge on any atom is -0.309 e. The average Bonchev–Trinajstić information content (AvgIpc) is 3.05. The molecular formula is C19H28N4S. The van der Waals surface area contributed by atoms with Gasteiger partial charge in [0.15, 0.2) is 0 Å². The molecule has 0 unspecified atom stereocenters. The molecule has 1 aromatic heterocycles. The van der Waals surface area contributed by atoms with Crippen LogP contribution in [0.3, 0.4) is 0 Å². The van der Waals surface area contributed by atoms with Gasteiger partial charge >= 0.3 is 0 Å². The third-order valence-corrected chi connectivity index (χ3v) is 5.66. The maximum Gasteiger partial charge on any atom is 0.107 e. The van der Waals surface area contributed by atoms with Crippen LogP contribution in [-0.4, -0.2) is 60.1 Å². The molecule has 1 aliphatic heterocycles. The summed E-state index contributed by atoms with van der Waals surface area (Å²) >= 11 is 1.74. The highest BCUT2D eigenvalue weighted by atomic mass is 32.1. The molecule has 3 rings (SSSR count). The third kappa shape index (κ3) is 4.42. The van der Waals surface area contributed by atoms with Crippen LogP contribution in [0, 0.1) is 0 Å². The quantitative estimate of drug-likeness (QED) is 0.873. The van der Waals surface area contributed by atoms with Crippen LogP contribution < -0.4 is 5.32 Å². The molecule has 1 aliphatic rings. The highest BCUT2D eigenvalue weighted by Gasteiger charge is 2.28. The van der Waals surface area contributed by atoms with E-state index >= 15 is 0 Å². The Labute approximate surface area is 149 Å². The topological polar surface area (TPSA) is 31.4 Å². The van der Waals surface area contributed by atoms with Crippen LogP contribution in [0.1, 0.15) is 18.9 Å². The number of hydrogen-bond acceptors (Lipinski definition) is 5. The highest BCUT2D eigenvalue weighted by Crippen LogP contribution is 2.22. The van der Waals surface area contributed by atoms with Crippen LogP contribution in [0.15, 0.2) is 35.7 Å². The monoisotopic (exact) mass is 344 g/mol. The Bertz CT molecular complexity index is 630. The summed E-state index contributed by atoms with van der Waals surface area (Å²) in [7, 11) is 2.20. The number of benzene rings is 1. The molecule has 2 aromatic rings. The van der Waals surface area contributed by atoms with Gasteiger partial charge in [-0.25, -0.2) is 4.98 Å². The summed E-state index contributed by atoms with van der Waals surface area (Å²) in [5.41, 5.74) is 2.45. The fourth-order valence-electron chi connectivity index (χ4n) is 3.13. The molecule has 0 spiro atoms. The Morgan fingerprint density at radius 1 is 1.12 bits per heavy atom. The molecule has 0 radical (unpaired) electrons. The van der Waals surface area contributed by atoms with Gasteiger partial charge in [0.1, 0.15) is 5.01 Å². The summed E-state index contributed by atoms with van der Waals surface area (Å²) < 4.78 is 0. The van der Waals surface area contributed by atoms with Crippen molar-refractivity contribution in [2.45, 2.75) is 25.9 Å². The predicted molar refractivity (Wildman–Crippen MR) is 102 cm³/mol. The summed E-state index contributed by atoms with van der Waals surface area (Å²) in [6, 6.07) is 10.4. The van der Waals surface area contributed by atoms with Crippen LogP contribution in [0.5, 0.6) is 0 Å². The maximum absolute atomic E-state index is 4.76. The van der Waals surface area contributed by atoms with E-state index in [2.05, 4.69) is 65.7 Å². The van der Waals surface area contributed by atoms with Crippen molar-refractivity contribution in [3.8, 4) is 11.3 Å². The van der Waals surface area contributed by atoms with Gasteiger partial charge in [-0.3, -0.25) is 4.90 Å². The van der Waals surface area contributed by atoms with Gasteiger partial charge in [0.25, 0.3) is 0 Å². The largest absolute Gasteiger partial charge is 0.309 e. The van der Waals surface area contributed by atoms with E-state index in [-0.39, 0.29) is 5.54 Å². The predicted octanol–water partition coefficient (Wildman–Crippen LogP) is 2.93. The molecule has 0 aliphatic carbocycles. The van der Waals surface area contributed by atoms with Crippen molar-refractivity contribution in [1.29, 1.82) is 0 Å². The van der Waals surface area contributed by atoms with Gasteiger partial charge in [-0.15, -0.1) is 11.3 Å². The first-order chi connectivity index (χ1) is 11.5. The van der Waals surface area contributed by atoms with Crippen LogP contribution in [-0.2, 0) is 6.54 Å². The lowest BCUT2D eigenvalue weighted by Gasteiger charge is -2.43. The summed E-state index contributed by atoms with van der Waals surface area (Å²) in [6.45, 7) is 11.1. The lowest BCUT2D eigenvalue weighted by Crippen LogP contribution is -2.57. The van der Waals surface area contributed by atoms with Crippen LogP contribution in [0.2, 0.25) is 0 Å². The molecular weight excluding hydrogens is 316 g/mol. The molecule has 0 saturated carbocycles. The van der Waals surface area contributed by atoms with E-state index in [1.807, 2.05) is 6.07 Å². The third-order valence-electron chi connectivity index (χ3n) is 4.81. The summed E-state index contributed by atoms with van der Waals surface area (Å²) in [6.07, 6.45) is 0. The molecule has 0 bridgehead atoms. The molecule has 130 valence electrons. The van der Waals surface area contributed by atoms with Crippen molar-refractivity contribution in [3.05, 3.63) is 40.7 Å². The standard InChI is InChI=1S/C19H28N4S/c1-19(2,23-11-9-22(3)10-12-23)15-20-13-18-21-17(14-24-18)16-7-5-4-6-8-16/h4-8,14,20H,9-13,15H2,1-3H3. The molecule has 1 N–H and O–H groups in total. The lowest BCUT2D eigenvalue weighted by atomic mass is 10.0. The first-order valence-corrected chi connectivity index (χ1v) is 9.57. The molecule has 1 fully saturated rings. The number of aromatic nitrogens is 1. The second-order valence-corrected chi connectivity index (χ2v) is 8.14. The normalized spacial score (nSPS) is 17.3.